The second-order valence-corrected chi connectivity index (χ2v) is 4.53. The van der Waals surface area contributed by atoms with Crippen LogP contribution in [0.25, 0.3) is 0 Å². The van der Waals surface area contributed by atoms with Crippen LogP contribution in [0.1, 0.15) is 23.7 Å². The molecule has 2 amide bonds. The molecule has 5 nitrogen and oxygen atoms in total. The molecule has 20 heavy (non-hydrogen) atoms. The van der Waals surface area contributed by atoms with Gasteiger partial charge in [-0.2, -0.15) is 0 Å². The van der Waals surface area contributed by atoms with Gasteiger partial charge in [-0.1, -0.05) is 13.0 Å². The van der Waals surface area contributed by atoms with Gasteiger partial charge in [0.05, 0.1) is 7.11 Å². The van der Waals surface area contributed by atoms with Gasteiger partial charge in [0.1, 0.15) is 23.2 Å². The first kappa shape index (κ1) is 14.3. The molecule has 0 spiro atoms. The molecule has 2 rings (SSSR count). The lowest BCUT2D eigenvalue weighted by Crippen LogP contribution is -2.57. The molecular weight excluding hydrogens is 263 g/mol. The summed E-state index contributed by atoms with van der Waals surface area (Å²) in [5.41, 5.74) is -0.122. The maximum atomic E-state index is 13.9. The largest absolute Gasteiger partial charge is 0.496 e. The minimum absolute atomic E-state index is 0.122. The lowest BCUT2D eigenvalue weighted by Gasteiger charge is -2.34. The number of hydrogen-bond acceptors (Lipinski definition) is 3. The van der Waals surface area contributed by atoms with Gasteiger partial charge in [0.15, 0.2) is 0 Å². The number of benzene rings is 1. The molecule has 1 aliphatic heterocycles. The molecule has 1 fully saturated rings. The first-order valence-corrected chi connectivity index (χ1v) is 6.51. The molecule has 1 atom stereocenters. The van der Waals surface area contributed by atoms with Crippen LogP contribution in [0, 0.1) is 5.82 Å². The SMILES string of the molecule is CCC1C(=O)NCCN1C(=O)c1c(F)cccc1OC. The lowest BCUT2D eigenvalue weighted by molar-refractivity contribution is -0.127. The van der Waals surface area contributed by atoms with Gasteiger partial charge < -0.3 is 15.0 Å². The van der Waals surface area contributed by atoms with E-state index in [0.29, 0.717) is 19.5 Å². The number of nitrogens with zero attached hydrogens (tertiary/aromatic N) is 1. The Balaban J connectivity index is 2.38. The molecule has 0 aliphatic carbocycles. The number of methoxy groups -OCH3 is 1. The van der Waals surface area contributed by atoms with Crippen LogP contribution >= 0.6 is 0 Å². The fraction of sp³-hybridized carbons (Fsp3) is 0.429. The molecule has 0 saturated carbocycles. The van der Waals surface area contributed by atoms with Gasteiger partial charge in [0.2, 0.25) is 5.91 Å². The zero-order valence-corrected chi connectivity index (χ0v) is 11.5. The van der Waals surface area contributed by atoms with Crippen molar-refractivity contribution < 1.29 is 18.7 Å². The molecule has 1 N–H and O–H groups in total. The van der Waals surface area contributed by atoms with Gasteiger partial charge in [-0.05, 0) is 18.6 Å². The molecule has 0 bridgehead atoms. The van der Waals surface area contributed by atoms with Gasteiger partial charge in [0.25, 0.3) is 5.91 Å². The average molecular weight is 280 g/mol. The van der Waals surface area contributed by atoms with Crippen molar-refractivity contribution in [3.63, 3.8) is 0 Å². The Kier molecular flexibility index (Phi) is 4.22. The number of hydrogen-bond donors (Lipinski definition) is 1. The van der Waals surface area contributed by atoms with Crippen LogP contribution in [0.3, 0.4) is 0 Å². The van der Waals surface area contributed by atoms with Crippen molar-refractivity contribution in [2.45, 2.75) is 19.4 Å². The second-order valence-electron chi connectivity index (χ2n) is 4.53. The third kappa shape index (κ3) is 2.45. The molecule has 1 heterocycles. The van der Waals surface area contributed by atoms with E-state index in [4.69, 9.17) is 4.74 Å². The minimum Gasteiger partial charge on any atom is -0.496 e. The standard InChI is InChI=1S/C14H17FN2O3/c1-3-10-13(18)16-7-8-17(10)14(19)12-9(15)5-4-6-11(12)20-2/h4-6,10H,3,7-8H2,1-2H3,(H,16,18). The van der Waals surface area contributed by atoms with Crippen LogP contribution < -0.4 is 10.1 Å². The van der Waals surface area contributed by atoms with Gasteiger partial charge in [-0.15, -0.1) is 0 Å². The number of nitrogens with one attached hydrogen (secondary N) is 1. The van der Waals surface area contributed by atoms with Crippen LogP contribution in [0.15, 0.2) is 18.2 Å². The van der Waals surface area contributed by atoms with E-state index in [-0.39, 0.29) is 17.2 Å². The van der Waals surface area contributed by atoms with E-state index in [1.807, 2.05) is 6.92 Å². The molecule has 0 radical (unpaired) electrons. The van der Waals surface area contributed by atoms with Crippen LogP contribution in [0.2, 0.25) is 0 Å². The Morgan fingerprint density at radius 2 is 2.30 bits per heavy atom. The smallest absolute Gasteiger partial charge is 0.261 e. The summed E-state index contributed by atoms with van der Waals surface area (Å²) in [4.78, 5) is 25.7. The maximum absolute atomic E-state index is 13.9. The van der Waals surface area contributed by atoms with Crippen molar-refractivity contribution in [2.75, 3.05) is 20.2 Å². The van der Waals surface area contributed by atoms with Gasteiger partial charge in [0, 0.05) is 13.1 Å². The summed E-state index contributed by atoms with van der Waals surface area (Å²) >= 11 is 0. The number of ether oxygens (including phenoxy) is 1. The van der Waals surface area contributed by atoms with Crippen molar-refractivity contribution in [2.24, 2.45) is 0 Å². The average Bonchev–Trinajstić information content (AvgIpc) is 2.46. The summed E-state index contributed by atoms with van der Waals surface area (Å²) in [7, 11) is 1.38. The van der Waals surface area contributed by atoms with Crippen molar-refractivity contribution in [1.82, 2.24) is 10.2 Å². The Morgan fingerprint density at radius 3 is 2.95 bits per heavy atom. The van der Waals surface area contributed by atoms with E-state index in [1.54, 1.807) is 0 Å². The van der Waals surface area contributed by atoms with Crippen LogP contribution in [0.5, 0.6) is 5.75 Å². The Labute approximate surface area is 116 Å². The van der Waals surface area contributed by atoms with Crippen molar-refractivity contribution in [3.05, 3.63) is 29.6 Å². The number of carbonyl (C=O) groups is 2. The highest BCUT2D eigenvalue weighted by Crippen LogP contribution is 2.24. The topological polar surface area (TPSA) is 58.6 Å². The fourth-order valence-corrected chi connectivity index (χ4v) is 2.39. The number of amides is 2. The quantitative estimate of drug-likeness (QED) is 0.904. The summed E-state index contributed by atoms with van der Waals surface area (Å²) < 4.78 is 19.0. The zero-order chi connectivity index (χ0) is 14.7. The molecular formula is C14H17FN2O3. The highest BCUT2D eigenvalue weighted by Gasteiger charge is 2.34. The predicted molar refractivity (Wildman–Crippen MR) is 71.1 cm³/mol. The minimum atomic E-state index is -0.643. The lowest BCUT2D eigenvalue weighted by atomic mass is 10.1. The first-order chi connectivity index (χ1) is 9.60. The predicted octanol–water partition coefficient (Wildman–Crippen LogP) is 1.18. The fourth-order valence-electron chi connectivity index (χ4n) is 2.39. The monoisotopic (exact) mass is 280 g/mol. The summed E-state index contributed by atoms with van der Waals surface area (Å²) in [6.07, 6.45) is 0.480. The molecule has 6 heteroatoms. The highest BCUT2D eigenvalue weighted by atomic mass is 19.1. The van der Waals surface area contributed by atoms with Crippen molar-refractivity contribution in [3.8, 4) is 5.75 Å². The molecule has 1 aliphatic rings. The zero-order valence-electron chi connectivity index (χ0n) is 11.5. The summed E-state index contributed by atoms with van der Waals surface area (Å²) in [5.74, 6) is -1.19. The molecule has 1 saturated heterocycles. The van der Waals surface area contributed by atoms with E-state index in [2.05, 4.69) is 5.32 Å². The number of halogens is 1. The van der Waals surface area contributed by atoms with E-state index >= 15 is 0 Å². The van der Waals surface area contributed by atoms with E-state index in [9.17, 15) is 14.0 Å². The molecule has 1 unspecified atom stereocenters. The summed E-state index contributed by atoms with van der Waals surface area (Å²) in [6, 6.07) is 3.65. The molecule has 1 aromatic rings. The van der Waals surface area contributed by atoms with E-state index in [1.165, 1.54) is 30.2 Å². The Morgan fingerprint density at radius 1 is 1.55 bits per heavy atom. The summed E-state index contributed by atoms with van der Waals surface area (Å²) in [5, 5.41) is 2.70. The van der Waals surface area contributed by atoms with E-state index < -0.39 is 17.8 Å². The Bertz CT molecular complexity index is 533. The maximum Gasteiger partial charge on any atom is 0.261 e. The van der Waals surface area contributed by atoms with Gasteiger partial charge in [-0.25, -0.2) is 4.39 Å². The van der Waals surface area contributed by atoms with Gasteiger partial charge >= 0.3 is 0 Å². The molecule has 1 aromatic carbocycles. The number of rotatable bonds is 3. The van der Waals surface area contributed by atoms with Crippen molar-refractivity contribution in [1.29, 1.82) is 0 Å². The highest BCUT2D eigenvalue weighted by molar-refractivity contribution is 6.00. The number of piperazine rings is 1. The van der Waals surface area contributed by atoms with Crippen LogP contribution in [0.4, 0.5) is 4.39 Å². The number of carbonyl (C=O) groups excluding carboxylic acids is 2. The van der Waals surface area contributed by atoms with Crippen LogP contribution in [-0.4, -0.2) is 43.0 Å². The molecule has 0 aromatic heterocycles. The third-order valence-corrected chi connectivity index (χ3v) is 3.39. The Hall–Kier alpha value is -2.11. The second kappa shape index (κ2) is 5.90. The third-order valence-electron chi connectivity index (χ3n) is 3.39. The van der Waals surface area contributed by atoms with E-state index in [0.717, 1.165) is 0 Å². The van der Waals surface area contributed by atoms with Crippen molar-refractivity contribution >= 4 is 11.8 Å². The van der Waals surface area contributed by atoms with Gasteiger partial charge in [-0.3, -0.25) is 9.59 Å². The summed E-state index contributed by atoms with van der Waals surface area (Å²) in [6.45, 7) is 2.55. The first-order valence-electron chi connectivity index (χ1n) is 6.51. The molecule has 108 valence electrons. The normalized spacial score (nSPS) is 18.6. The van der Waals surface area contributed by atoms with Crippen LogP contribution in [-0.2, 0) is 4.79 Å².